The molecule has 1 aromatic rings. The van der Waals surface area contributed by atoms with Gasteiger partial charge < -0.3 is 5.32 Å². The van der Waals surface area contributed by atoms with Crippen LogP contribution in [0, 0.1) is 11.8 Å². The first-order valence-corrected chi connectivity index (χ1v) is 4.84. The molecule has 1 aromatic heterocycles. The van der Waals surface area contributed by atoms with Crippen LogP contribution in [-0.4, -0.2) is 16.8 Å². The number of nitrogens with one attached hydrogen (secondary N) is 1. The largest absolute Gasteiger partial charge is 0.312 e. The van der Waals surface area contributed by atoms with Crippen LogP contribution in [0.4, 0.5) is 0 Å². The fraction of sp³-hybridized carbons (Fsp3) is 0.545. The van der Waals surface area contributed by atoms with Gasteiger partial charge in [0.25, 0.3) is 0 Å². The third-order valence-electron chi connectivity index (χ3n) is 2.17. The van der Waals surface area contributed by atoms with Gasteiger partial charge in [-0.15, -0.1) is 11.8 Å². The van der Waals surface area contributed by atoms with Gasteiger partial charge in [0.05, 0.1) is 11.7 Å². The van der Waals surface area contributed by atoms with Crippen molar-refractivity contribution in [1.29, 1.82) is 0 Å². The molecule has 0 aliphatic heterocycles. The summed E-state index contributed by atoms with van der Waals surface area (Å²) < 4.78 is 1.82. The maximum absolute atomic E-state index is 4.37. The molecule has 0 spiro atoms. The van der Waals surface area contributed by atoms with Gasteiger partial charge >= 0.3 is 0 Å². The Bertz CT molecular complexity index is 330. The molecule has 3 heteroatoms. The van der Waals surface area contributed by atoms with Crippen LogP contribution in [0.5, 0.6) is 0 Å². The number of nitrogens with zero attached hydrogens (tertiary/aromatic N) is 2. The molecule has 1 rings (SSSR count). The average molecular weight is 191 g/mol. The van der Waals surface area contributed by atoms with Crippen molar-refractivity contribution in [2.24, 2.45) is 7.05 Å². The summed E-state index contributed by atoms with van der Waals surface area (Å²) in [6.07, 6.45) is 3.89. The Morgan fingerprint density at radius 1 is 1.64 bits per heavy atom. The number of hydrogen-bond donors (Lipinski definition) is 1. The van der Waals surface area contributed by atoms with E-state index in [0.717, 1.165) is 18.5 Å². The van der Waals surface area contributed by atoms with Crippen LogP contribution >= 0.6 is 0 Å². The van der Waals surface area contributed by atoms with Crippen molar-refractivity contribution in [3.63, 3.8) is 0 Å². The van der Waals surface area contributed by atoms with Crippen molar-refractivity contribution >= 4 is 0 Å². The SMILES string of the molecule is CC#CCCC(NC)c1ccn(C)n1. The molecule has 0 saturated carbocycles. The van der Waals surface area contributed by atoms with E-state index in [0.29, 0.717) is 6.04 Å². The zero-order chi connectivity index (χ0) is 10.4. The lowest BCUT2D eigenvalue weighted by molar-refractivity contribution is 0.534. The molecule has 0 aliphatic carbocycles. The molecular weight excluding hydrogens is 174 g/mol. The molecule has 0 radical (unpaired) electrons. The molecule has 0 bridgehead atoms. The van der Waals surface area contributed by atoms with Gasteiger partial charge in [-0.25, -0.2) is 0 Å². The van der Waals surface area contributed by atoms with Crippen molar-refractivity contribution < 1.29 is 0 Å². The second-order valence-electron chi connectivity index (χ2n) is 3.22. The Balaban J connectivity index is 2.56. The van der Waals surface area contributed by atoms with Gasteiger partial charge in [0, 0.05) is 19.7 Å². The second-order valence-corrected chi connectivity index (χ2v) is 3.22. The Morgan fingerprint density at radius 2 is 2.43 bits per heavy atom. The van der Waals surface area contributed by atoms with Crippen LogP contribution in [0.25, 0.3) is 0 Å². The quantitative estimate of drug-likeness (QED) is 0.731. The lowest BCUT2D eigenvalue weighted by Gasteiger charge is -2.11. The van der Waals surface area contributed by atoms with Crippen LogP contribution in [0.2, 0.25) is 0 Å². The van der Waals surface area contributed by atoms with Crippen molar-refractivity contribution in [3.05, 3.63) is 18.0 Å². The summed E-state index contributed by atoms with van der Waals surface area (Å²) >= 11 is 0. The van der Waals surface area contributed by atoms with Crippen LogP contribution in [-0.2, 0) is 7.05 Å². The smallest absolute Gasteiger partial charge is 0.0794 e. The minimum Gasteiger partial charge on any atom is -0.312 e. The molecule has 1 N–H and O–H groups in total. The molecule has 1 heterocycles. The summed E-state index contributed by atoms with van der Waals surface area (Å²) in [6.45, 7) is 1.87. The van der Waals surface area contributed by atoms with Gasteiger partial charge in [0.2, 0.25) is 0 Å². The van der Waals surface area contributed by atoms with Crippen LogP contribution in [0.3, 0.4) is 0 Å². The predicted octanol–water partition coefficient (Wildman–Crippen LogP) is 1.48. The van der Waals surface area contributed by atoms with E-state index >= 15 is 0 Å². The number of hydrogen-bond acceptors (Lipinski definition) is 2. The lowest BCUT2D eigenvalue weighted by Crippen LogP contribution is -2.16. The van der Waals surface area contributed by atoms with Gasteiger partial charge in [-0.1, -0.05) is 0 Å². The maximum atomic E-state index is 4.37. The van der Waals surface area contributed by atoms with Gasteiger partial charge in [-0.3, -0.25) is 4.68 Å². The van der Waals surface area contributed by atoms with Gasteiger partial charge in [-0.2, -0.15) is 5.10 Å². The molecule has 0 saturated heterocycles. The maximum Gasteiger partial charge on any atom is 0.0794 e. The fourth-order valence-corrected chi connectivity index (χ4v) is 1.40. The van der Waals surface area contributed by atoms with E-state index in [9.17, 15) is 0 Å². The average Bonchev–Trinajstić information content (AvgIpc) is 2.60. The van der Waals surface area contributed by atoms with Crippen LogP contribution < -0.4 is 5.32 Å². The molecule has 14 heavy (non-hydrogen) atoms. The van der Waals surface area contributed by atoms with E-state index < -0.39 is 0 Å². The number of rotatable bonds is 4. The highest BCUT2D eigenvalue weighted by Crippen LogP contribution is 2.14. The summed E-state index contributed by atoms with van der Waals surface area (Å²) in [5.41, 5.74) is 1.09. The highest BCUT2D eigenvalue weighted by atomic mass is 15.3. The monoisotopic (exact) mass is 191 g/mol. The van der Waals surface area contributed by atoms with Crippen molar-refractivity contribution in [3.8, 4) is 11.8 Å². The van der Waals surface area contributed by atoms with E-state index in [4.69, 9.17) is 0 Å². The number of aryl methyl sites for hydroxylation is 1. The molecule has 1 atom stereocenters. The fourth-order valence-electron chi connectivity index (χ4n) is 1.40. The first-order valence-electron chi connectivity index (χ1n) is 4.84. The summed E-state index contributed by atoms with van der Waals surface area (Å²) in [5, 5.41) is 7.61. The first-order chi connectivity index (χ1) is 6.77. The van der Waals surface area contributed by atoms with E-state index in [1.165, 1.54) is 0 Å². The molecule has 1 unspecified atom stereocenters. The topological polar surface area (TPSA) is 29.9 Å². The third-order valence-corrected chi connectivity index (χ3v) is 2.17. The highest BCUT2D eigenvalue weighted by Gasteiger charge is 2.10. The van der Waals surface area contributed by atoms with Gasteiger partial charge in [0.1, 0.15) is 0 Å². The van der Waals surface area contributed by atoms with Gasteiger partial charge in [-0.05, 0) is 26.5 Å². The predicted molar refractivity (Wildman–Crippen MR) is 57.7 cm³/mol. The van der Waals surface area contributed by atoms with E-state index in [1.807, 2.05) is 38.0 Å². The van der Waals surface area contributed by atoms with E-state index in [2.05, 4.69) is 22.3 Å². The normalized spacial score (nSPS) is 11.9. The summed E-state index contributed by atoms with van der Waals surface area (Å²) in [5.74, 6) is 5.97. The second kappa shape index (κ2) is 5.46. The minimum absolute atomic E-state index is 0.317. The molecule has 3 nitrogen and oxygen atoms in total. The molecule has 0 fully saturated rings. The standard InChI is InChI=1S/C11H17N3/c1-4-5-6-7-10(12-2)11-8-9-14(3)13-11/h8-10,12H,6-7H2,1-3H3. The zero-order valence-electron chi connectivity index (χ0n) is 9.04. The molecular formula is C11H17N3. The Hall–Kier alpha value is -1.27. The number of aromatic nitrogens is 2. The van der Waals surface area contributed by atoms with Crippen molar-refractivity contribution in [1.82, 2.24) is 15.1 Å². The van der Waals surface area contributed by atoms with Crippen molar-refractivity contribution in [2.75, 3.05) is 7.05 Å². The lowest BCUT2D eigenvalue weighted by atomic mass is 10.1. The Labute approximate surface area is 85.5 Å². The Kier molecular flexibility index (Phi) is 4.21. The van der Waals surface area contributed by atoms with E-state index in [1.54, 1.807) is 0 Å². The summed E-state index contributed by atoms with van der Waals surface area (Å²) in [4.78, 5) is 0. The molecule has 76 valence electrons. The summed E-state index contributed by atoms with van der Waals surface area (Å²) in [6, 6.07) is 2.36. The van der Waals surface area contributed by atoms with Crippen molar-refractivity contribution in [2.45, 2.75) is 25.8 Å². The first kappa shape index (κ1) is 10.8. The minimum atomic E-state index is 0.317. The molecule has 0 amide bonds. The molecule has 0 aromatic carbocycles. The van der Waals surface area contributed by atoms with Gasteiger partial charge in [0.15, 0.2) is 0 Å². The highest BCUT2D eigenvalue weighted by molar-refractivity contribution is 5.06. The Morgan fingerprint density at radius 3 is 2.93 bits per heavy atom. The van der Waals surface area contributed by atoms with Crippen LogP contribution in [0.1, 0.15) is 31.5 Å². The molecule has 0 aliphatic rings. The van der Waals surface area contributed by atoms with Crippen LogP contribution in [0.15, 0.2) is 12.3 Å². The van der Waals surface area contributed by atoms with E-state index in [-0.39, 0.29) is 0 Å². The third kappa shape index (κ3) is 2.90. The zero-order valence-corrected chi connectivity index (χ0v) is 9.04. The summed E-state index contributed by atoms with van der Waals surface area (Å²) in [7, 11) is 3.89.